The minimum atomic E-state index is -0.175. The summed E-state index contributed by atoms with van der Waals surface area (Å²) >= 11 is 18.6. The van der Waals surface area contributed by atoms with Crippen molar-refractivity contribution in [3.8, 4) is 5.75 Å². The van der Waals surface area contributed by atoms with Crippen LogP contribution in [-0.2, 0) is 4.79 Å². The number of anilines is 1. The van der Waals surface area contributed by atoms with Gasteiger partial charge in [0.15, 0.2) is 4.32 Å². The van der Waals surface area contributed by atoms with Crippen molar-refractivity contribution in [1.82, 2.24) is 0 Å². The first-order valence-corrected chi connectivity index (χ1v) is 8.84. The minimum absolute atomic E-state index is 0.175. The first kappa shape index (κ1) is 17.3. The van der Waals surface area contributed by atoms with Gasteiger partial charge < -0.3 is 4.74 Å². The van der Waals surface area contributed by atoms with Crippen LogP contribution in [0.25, 0.3) is 6.08 Å². The SMILES string of the molecule is COc1ccc(N2C(=O)/C(=C/c3cc(Cl)cc(Cl)c3)SC2=S)cc1. The maximum Gasteiger partial charge on any atom is 0.270 e. The van der Waals surface area contributed by atoms with Gasteiger partial charge in [-0.05, 0) is 54.1 Å². The van der Waals surface area contributed by atoms with E-state index in [0.717, 1.165) is 5.56 Å². The first-order valence-electron chi connectivity index (χ1n) is 6.86. The van der Waals surface area contributed by atoms with Crippen LogP contribution in [0.5, 0.6) is 5.75 Å². The summed E-state index contributed by atoms with van der Waals surface area (Å²) in [4.78, 5) is 14.7. The highest BCUT2D eigenvalue weighted by Crippen LogP contribution is 2.37. The van der Waals surface area contributed by atoms with Crippen LogP contribution in [0, 0.1) is 0 Å². The van der Waals surface area contributed by atoms with Crippen LogP contribution in [0.15, 0.2) is 47.4 Å². The van der Waals surface area contributed by atoms with Gasteiger partial charge in [-0.25, -0.2) is 0 Å². The Morgan fingerprint density at radius 1 is 1.12 bits per heavy atom. The standard InChI is InChI=1S/C17H11Cl2NO2S2/c1-22-14-4-2-13(3-5-14)20-16(21)15(24-17(20)23)8-10-6-11(18)9-12(19)7-10/h2-9H,1H3/b15-8-. The number of nitrogens with zero attached hydrogens (tertiary/aromatic N) is 1. The minimum Gasteiger partial charge on any atom is -0.497 e. The summed E-state index contributed by atoms with van der Waals surface area (Å²) in [5, 5.41) is 1.03. The van der Waals surface area contributed by atoms with E-state index >= 15 is 0 Å². The highest BCUT2D eigenvalue weighted by molar-refractivity contribution is 8.27. The molecule has 1 saturated heterocycles. The van der Waals surface area contributed by atoms with Crippen LogP contribution >= 0.6 is 47.2 Å². The van der Waals surface area contributed by atoms with Crippen molar-refractivity contribution in [3.05, 3.63) is 63.0 Å². The number of carbonyl (C=O) groups is 1. The van der Waals surface area contributed by atoms with Gasteiger partial charge in [-0.3, -0.25) is 9.69 Å². The van der Waals surface area contributed by atoms with Crippen molar-refractivity contribution in [2.45, 2.75) is 0 Å². The maximum atomic E-state index is 12.7. The van der Waals surface area contributed by atoms with Gasteiger partial charge in [-0.1, -0.05) is 47.2 Å². The number of carbonyl (C=O) groups excluding carboxylic acids is 1. The Kier molecular flexibility index (Phi) is 5.15. The summed E-state index contributed by atoms with van der Waals surface area (Å²) in [6, 6.07) is 12.3. The van der Waals surface area contributed by atoms with Crippen LogP contribution in [0.2, 0.25) is 10.0 Å². The van der Waals surface area contributed by atoms with Crippen molar-refractivity contribution >= 4 is 69.2 Å². The van der Waals surface area contributed by atoms with E-state index < -0.39 is 0 Å². The van der Waals surface area contributed by atoms with Crippen molar-refractivity contribution < 1.29 is 9.53 Å². The number of hydrogen-bond donors (Lipinski definition) is 0. The molecule has 7 heteroatoms. The third kappa shape index (κ3) is 3.59. The Labute approximate surface area is 159 Å². The van der Waals surface area contributed by atoms with Crippen LogP contribution in [-0.4, -0.2) is 17.3 Å². The smallest absolute Gasteiger partial charge is 0.270 e. The number of benzene rings is 2. The molecule has 0 atom stereocenters. The third-order valence-electron chi connectivity index (χ3n) is 3.31. The number of amides is 1. The Hall–Kier alpha value is -1.53. The molecule has 1 amide bonds. The van der Waals surface area contributed by atoms with Gasteiger partial charge in [0, 0.05) is 10.0 Å². The number of rotatable bonds is 3. The molecular formula is C17H11Cl2NO2S2. The molecular weight excluding hydrogens is 385 g/mol. The fraction of sp³-hybridized carbons (Fsp3) is 0.0588. The van der Waals surface area contributed by atoms with Gasteiger partial charge >= 0.3 is 0 Å². The summed E-state index contributed by atoms with van der Waals surface area (Å²) < 4.78 is 5.61. The molecule has 1 aliphatic heterocycles. The highest BCUT2D eigenvalue weighted by Gasteiger charge is 2.33. The van der Waals surface area contributed by atoms with Gasteiger partial charge in [0.2, 0.25) is 0 Å². The zero-order valence-corrected chi connectivity index (χ0v) is 15.6. The molecule has 0 aliphatic carbocycles. The Balaban J connectivity index is 1.91. The summed E-state index contributed by atoms with van der Waals surface area (Å²) in [6.07, 6.45) is 1.74. The van der Waals surface area contributed by atoms with Crippen molar-refractivity contribution in [3.63, 3.8) is 0 Å². The van der Waals surface area contributed by atoms with Gasteiger partial charge in [-0.2, -0.15) is 0 Å². The molecule has 0 aromatic heterocycles. The molecule has 2 aromatic rings. The lowest BCUT2D eigenvalue weighted by atomic mass is 10.2. The van der Waals surface area contributed by atoms with Crippen molar-refractivity contribution in [2.24, 2.45) is 0 Å². The Morgan fingerprint density at radius 2 is 1.75 bits per heavy atom. The summed E-state index contributed by atoms with van der Waals surface area (Å²) in [7, 11) is 1.59. The average Bonchev–Trinajstić information content (AvgIpc) is 2.80. The molecule has 3 nitrogen and oxygen atoms in total. The predicted octanol–water partition coefficient (Wildman–Crippen LogP) is 5.41. The Bertz CT molecular complexity index is 830. The lowest BCUT2D eigenvalue weighted by Gasteiger charge is -2.14. The van der Waals surface area contributed by atoms with Crippen molar-refractivity contribution in [2.75, 3.05) is 12.0 Å². The predicted molar refractivity (Wildman–Crippen MR) is 105 cm³/mol. The average molecular weight is 396 g/mol. The fourth-order valence-electron chi connectivity index (χ4n) is 2.23. The number of ether oxygens (including phenoxy) is 1. The van der Waals surface area contributed by atoms with E-state index in [1.54, 1.807) is 55.7 Å². The largest absolute Gasteiger partial charge is 0.497 e. The van der Waals surface area contributed by atoms with Gasteiger partial charge in [0.05, 0.1) is 17.7 Å². The number of hydrogen-bond acceptors (Lipinski definition) is 4. The topological polar surface area (TPSA) is 29.5 Å². The van der Waals surface area contributed by atoms with Crippen LogP contribution < -0.4 is 9.64 Å². The lowest BCUT2D eigenvalue weighted by molar-refractivity contribution is -0.113. The number of methoxy groups -OCH3 is 1. The second kappa shape index (κ2) is 7.15. The molecule has 122 valence electrons. The van der Waals surface area contributed by atoms with Crippen molar-refractivity contribution in [1.29, 1.82) is 0 Å². The van der Waals surface area contributed by atoms with E-state index in [4.69, 9.17) is 40.2 Å². The second-order valence-corrected chi connectivity index (χ2v) is 7.47. The first-order chi connectivity index (χ1) is 11.5. The van der Waals surface area contributed by atoms with Crippen LogP contribution in [0.1, 0.15) is 5.56 Å². The summed E-state index contributed by atoms with van der Waals surface area (Å²) in [5.41, 5.74) is 1.45. The van der Waals surface area contributed by atoms with E-state index in [1.165, 1.54) is 16.7 Å². The lowest BCUT2D eigenvalue weighted by Crippen LogP contribution is -2.27. The molecule has 3 rings (SSSR count). The second-order valence-electron chi connectivity index (χ2n) is 4.92. The van der Waals surface area contributed by atoms with Gasteiger partial charge in [0.25, 0.3) is 5.91 Å². The fourth-order valence-corrected chi connectivity index (χ4v) is 4.07. The van der Waals surface area contributed by atoms with E-state index in [1.807, 2.05) is 0 Å². The van der Waals surface area contributed by atoms with Gasteiger partial charge in [0.1, 0.15) is 5.75 Å². The third-order valence-corrected chi connectivity index (χ3v) is 5.05. The number of thiocarbonyl (C=S) groups is 1. The molecule has 24 heavy (non-hydrogen) atoms. The normalized spacial score (nSPS) is 16.1. The molecule has 0 bridgehead atoms. The number of thioether (sulfide) groups is 1. The van der Waals surface area contributed by atoms with Crippen LogP contribution in [0.3, 0.4) is 0 Å². The summed E-state index contributed by atoms with van der Waals surface area (Å²) in [5.74, 6) is 0.541. The Morgan fingerprint density at radius 3 is 2.33 bits per heavy atom. The van der Waals surface area contributed by atoms with E-state index in [0.29, 0.717) is 30.7 Å². The molecule has 0 N–H and O–H groups in total. The molecule has 1 fully saturated rings. The van der Waals surface area contributed by atoms with E-state index in [9.17, 15) is 4.79 Å². The van der Waals surface area contributed by atoms with E-state index in [-0.39, 0.29) is 5.91 Å². The molecule has 0 spiro atoms. The monoisotopic (exact) mass is 395 g/mol. The quantitative estimate of drug-likeness (QED) is 0.513. The number of halogens is 2. The molecule has 0 saturated carbocycles. The van der Waals surface area contributed by atoms with E-state index in [2.05, 4.69) is 0 Å². The summed E-state index contributed by atoms with van der Waals surface area (Å²) in [6.45, 7) is 0. The zero-order valence-electron chi connectivity index (χ0n) is 12.5. The highest BCUT2D eigenvalue weighted by atomic mass is 35.5. The molecule has 2 aromatic carbocycles. The molecule has 1 aliphatic rings. The van der Waals surface area contributed by atoms with Crippen LogP contribution in [0.4, 0.5) is 5.69 Å². The van der Waals surface area contributed by atoms with Gasteiger partial charge in [-0.15, -0.1) is 0 Å². The molecule has 0 unspecified atom stereocenters. The molecule has 0 radical (unpaired) electrons. The maximum absolute atomic E-state index is 12.7. The zero-order chi connectivity index (χ0) is 17.3. The molecule has 1 heterocycles.